The average molecular weight is 344 g/mol. The van der Waals surface area contributed by atoms with Crippen LogP contribution in [0.4, 0.5) is 0 Å². The van der Waals surface area contributed by atoms with Gasteiger partial charge in [-0.3, -0.25) is 4.79 Å². The first-order valence-corrected chi connectivity index (χ1v) is 8.23. The predicted molar refractivity (Wildman–Crippen MR) is 97.3 cm³/mol. The third kappa shape index (κ3) is 3.28. The summed E-state index contributed by atoms with van der Waals surface area (Å²) in [5, 5.41) is 2.81. The van der Waals surface area contributed by atoms with Gasteiger partial charge in [-0.15, -0.1) is 0 Å². The van der Waals surface area contributed by atoms with Crippen LogP contribution in [-0.4, -0.2) is 10.9 Å². The molecule has 1 amide bonds. The van der Waals surface area contributed by atoms with Gasteiger partial charge >= 0.3 is 0 Å². The van der Waals surface area contributed by atoms with Crippen molar-refractivity contribution in [2.45, 2.75) is 6.54 Å². The number of nitrogens with one attached hydrogen (secondary N) is 1. The standard InChI is InChI=1S/C21H16N2O3/c24-20(22-14-17-12-7-13-25-17)19-18(15-8-3-1-4-9-15)23-21(26-19)16-10-5-2-6-11-16/h1-13H,14H2,(H,22,24). The molecule has 128 valence electrons. The van der Waals surface area contributed by atoms with Crippen molar-refractivity contribution in [3.63, 3.8) is 0 Å². The van der Waals surface area contributed by atoms with Gasteiger partial charge in [-0.25, -0.2) is 4.98 Å². The molecule has 0 aliphatic heterocycles. The number of nitrogens with zero attached hydrogens (tertiary/aromatic N) is 1. The molecule has 0 fully saturated rings. The Morgan fingerprint density at radius 1 is 0.885 bits per heavy atom. The lowest BCUT2D eigenvalue weighted by atomic mass is 10.1. The summed E-state index contributed by atoms with van der Waals surface area (Å²) < 4.78 is 11.1. The van der Waals surface area contributed by atoms with E-state index in [1.165, 1.54) is 0 Å². The SMILES string of the molecule is O=C(NCc1ccco1)c1oc(-c2ccccc2)nc1-c1ccccc1. The monoisotopic (exact) mass is 344 g/mol. The number of amides is 1. The molecular formula is C21H16N2O3. The van der Waals surface area contributed by atoms with Crippen molar-refractivity contribution in [1.29, 1.82) is 0 Å². The number of rotatable bonds is 5. The van der Waals surface area contributed by atoms with Crippen molar-refractivity contribution >= 4 is 5.91 Å². The topological polar surface area (TPSA) is 68.3 Å². The maximum absolute atomic E-state index is 12.7. The van der Waals surface area contributed by atoms with E-state index >= 15 is 0 Å². The molecule has 4 rings (SSSR count). The number of aromatic nitrogens is 1. The first-order valence-electron chi connectivity index (χ1n) is 8.23. The Hall–Kier alpha value is -3.60. The van der Waals surface area contributed by atoms with Gasteiger partial charge in [0, 0.05) is 11.1 Å². The van der Waals surface area contributed by atoms with Crippen molar-refractivity contribution in [2.75, 3.05) is 0 Å². The number of carbonyl (C=O) groups excluding carboxylic acids is 1. The van der Waals surface area contributed by atoms with Crippen molar-refractivity contribution in [3.05, 3.63) is 90.6 Å². The van der Waals surface area contributed by atoms with Crippen LogP contribution in [0.5, 0.6) is 0 Å². The van der Waals surface area contributed by atoms with Crippen molar-refractivity contribution in [3.8, 4) is 22.7 Å². The largest absolute Gasteiger partial charge is 0.467 e. The number of oxazole rings is 1. The molecule has 4 aromatic rings. The summed E-state index contributed by atoms with van der Waals surface area (Å²) in [5.74, 6) is 0.923. The molecule has 0 aliphatic rings. The maximum Gasteiger partial charge on any atom is 0.289 e. The van der Waals surface area contributed by atoms with Gasteiger partial charge in [0.2, 0.25) is 11.7 Å². The Morgan fingerprint density at radius 2 is 1.58 bits per heavy atom. The van der Waals surface area contributed by atoms with E-state index < -0.39 is 0 Å². The molecule has 2 heterocycles. The van der Waals surface area contributed by atoms with E-state index in [0.29, 0.717) is 17.3 Å². The summed E-state index contributed by atoms with van der Waals surface area (Å²) >= 11 is 0. The summed E-state index contributed by atoms with van der Waals surface area (Å²) in [4.78, 5) is 17.3. The minimum Gasteiger partial charge on any atom is -0.467 e. The number of carbonyl (C=O) groups is 1. The quantitative estimate of drug-likeness (QED) is 0.577. The summed E-state index contributed by atoms with van der Waals surface area (Å²) in [6, 6.07) is 22.6. The minimum atomic E-state index is -0.338. The lowest BCUT2D eigenvalue weighted by Gasteiger charge is -2.02. The Labute approximate surface area is 150 Å². The molecule has 0 saturated carbocycles. The van der Waals surface area contributed by atoms with Gasteiger partial charge < -0.3 is 14.2 Å². The lowest BCUT2D eigenvalue weighted by Crippen LogP contribution is -2.22. The third-order valence-electron chi connectivity index (χ3n) is 3.90. The Kier molecular flexibility index (Phi) is 4.35. The predicted octanol–water partition coefficient (Wildman–Crippen LogP) is 4.53. The highest BCUT2D eigenvalue weighted by atomic mass is 16.4. The molecule has 0 aliphatic carbocycles. The minimum absolute atomic E-state index is 0.182. The van der Waals surface area contributed by atoms with Gasteiger partial charge in [-0.1, -0.05) is 48.5 Å². The van der Waals surface area contributed by atoms with Crippen LogP contribution in [-0.2, 0) is 6.54 Å². The molecule has 2 aromatic heterocycles. The van der Waals surface area contributed by atoms with Gasteiger partial charge in [0.1, 0.15) is 11.5 Å². The highest BCUT2D eigenvalue weighted by Crippen LogP contribution is 2.29. The van der Waals surface area contributed by atoms with Gasteiger partial charge in [0.25, 0.3) is 5.91 Å². The maximum atomic E-state index is 12.7. The zero-order valence-corrected chi connectivity index (χ0v) is 13.9. The highest BCUT2D eigenvalue weighted by molar-refractivity contribution is 5.97. The fourth-order valence-corrected chi connectivity index (χ4v) is 2.63. The lowest BCUT2D eigenvalue weighted by molar-refractivity contribution is 0.0922. The van der Waals surface area contributed by atoms with Gasteiger partial charge in [0.05, 0.1) is 12.8 Å². The first kappa shape index (κ1) is 15.9. The van der Waals surface area contributed by atoms with E-state index in [-0.39, 0.29) is 18.2 Å². The van der Waals surface area contributed by atoms with E-state index in [9.17, 15) is 4.79 Å². The third-order valence-corrected chi connectivity index (χ3v) is 3.90. The zero-order chi connectivity index (χ0) is 17.8. The molecule has 0 spiro atoms. The molecule has 0 radical (unpaired) electrons. The van der Waals surface area contributed by atoms with E-state index in [1.54, 1.807) is 18.4 Å². The van der Waals surface area contributed by atoms with Gasteiger partial charge in [-0.05, 0) is 24.3 Å². The molecule has 1 N–H and O–H groups in total. The summed E-state index contributed by atoms with van der Waals surface area (Å²) in [6.07, 6.45) is 1.57. The van der Waals surface area contributed by atoms with Crippen LogP contribution in [0, 0.1) is 0 Å². The Morgan fingerprint density at radius 3 is 2.23 bits per heavy atom. The highest BCUT2D eigenvalue weighted by Gasteiger charge is 2.22. The second kappa shape index (κ2) is 7.11. The molecule has 26 heavy (non-hydrogen) atoms. The van der Waals surface area contributed by atoms with E-state index in [1.807, 2.05) is 60.7 Å². The number of furan rings is 1. The second-order valence-corrected chi connectivity index (χ2v) is 5.69. The average Bonchev–Trinajstić information content (AvgIpc) is 3.37. The van der Waals surface area contributed by atoms with Crippen molar-refractivity contribution in [1.82, 2.24) is 10.3 Å². The van der Waals surface area contributed by atoms with E-state index in [4.69, 9.17) is 8.83 Å². The Bertz CT molecular complexity index is 990. The molecule has 0 atom stereocenters. The second-order valence-electron chi connectivity index (χ2n) is 5.69. The first-order chi connectivity index (χ1) is 12.8. The molecule has 0 bridgehead atoms. The van der Waals surface area contributed by atoms with E-state index in [2.05, 4.69) is 10.3 Å². The summed E-state index contributed by atoms with van der Waals surface area (Å²) in [5.41, 5.74) is 2.15. The van der Waals surface area contributed by atoms with Crippen LogP contribution in [0.3, 0.4) is 0 Å². The fourth-order valence-electron chi connectivity index (χ4n) is 2.63. The van der Waals surface area contributed by atoms with Crippen LogP contribution in [0.1, 0.15) is 16.3 Å². The molecule has 0 saturated heterocycles. The van der Waals surface area contributed by atoms with Crippen molar-refractivity contribution in [2.24, 2.45) is 0 Å². The van der Waals surface area contributed by atoms with Crippen LogP contribution in [0.15, 0.2) is 87.9 Å². The molecule has 0 unspecified atom stereocenters. The van der Waals surface area contributed by atoms with Crippen LogP contribution in [0.2, 0.25) is 0 Å². The van der Waals surface area contributed by atoms with Crippen LogP contribution in [0.25, 0.3) is 22.7 Å². The fraction of sp³-hybridized carbons (Fsp3) is 0.0476. The van der Waals surface area contributed by atoms with Crippen molar-refractivity contribution < 1.29 is 13.6 Å². The van der Waals surface area contributed by atoms with Gasteiger partial charge in [0.15, 0.2) is 0 Å². The zero-order valence-electron chi connectivity index (χ0n) is 13.9. The normalized spacial score (nSPS) is 10.6. The van der Waals surface area contributed by atoms with Crippen LogP contribution < -0.4 is 5.32 Å². The number of hydrogen-bond acceptors (Lipinski definition) is 4. The summed E-state index contributed by atoms with van der Waals surface area (Å²) in [7, 11) is 0. The smallest absolute Gasteiger partial charge is 0.289 e. The molecule has 5 heteroatoms. The molecule has 5 nitrogen and oxygen atoms in total. The molecule has 2 aromatic carbocycles. The number of hydrogen-bond donors (Lipinski definition) is 1. The molecular weight excluding hydrogens is 328 g/mol. The number of benzene rings is 2. The Balaban J connectivity index is 1.69. The summed E-state index contributed by atoms with van der Waals surface area (Å²) in [6.45, 7) is 0.279. The van der Waals surface area contributed by atoms with E-state index in [0.717, 1.165) is 11.1 Å². The van der Waals surface area contributed by atoms with Crippen LogP contribution >= 0.6 is 0 Å². The van der Waals surface area contributed by atoms with Gasteiger partial charge in [-0.2, -0.15) is 0 Å².